The van der Waals surface area contributed by atoms with E-state index in [9.17, 15) is 45.6 Å². The van der Waals surface area contributed by atoms with Gasteiger partial charge < -0.3 is 65.1 Å². The average Bonchev–Trinajstić information content (AvgIpc) is 0.852. The molecule has 14 heteroatoms. The van der Waals surface area contributed by atoms with E-state index in [1.54, 1.807) is 6.08 Å². The fourth-order valence-corrected chi connectivity index (χ4v) is 13.2. The highest BCUT2D eigenvalue weighted by atomic mass is 16.7. The molecule has 9 N–H and O–H groups in total. The number of ether oxygens (including phenoxy) is 4. The fraction of sp³-hybridized carbons (Fsp3) is 0.911. The van der Waals surface area contributed by atoms with Gasteiger partial charge in [-0.3, -0.25) is 4.79 Å². The van der Waals surface area contributed by atoms with Crippen molar-refractivity contribution in [3.05, 3.63) is 36.5 Å². The highest BCUT2D eigenvalue weighted by Crippen LogP contribution is 2.30. The highest BCUT2D eigenvalue weighted by Gasteiger charge is 2.51. The van der Waals surface area contributed by atoms with Crippen molar-refractivity contribution in [2.75, 3.05) is 19.8 Å². The Bertz CT molecular complexity index is 1700. The van der Waals surface area contributed by atoms with Crippen molar-refractivity contribution in [2.45, 2.75) is 441 Å². The minimum Gasteiger partial charge on any atom is -0.394 e. The molecule has 2 aliphatic rings. The van der Waals surface area contributed by atoms with Gasteiger partial charge in [0, 0.05) is 6.42 Å². The van der Waals surface area contributed by atoms with Gasteiger partial charge in [0.15, 0.2) is 12.6 Å². The Kier molecular flexibility index (Phi) is 59.7. The first-order chi connectivity index (χ1) is 45.6. The summed E-state index contributed by atoms with van der Waals surface area (Å²) >= 11 is 0. The maximum atomic E-state index is 13.4. The summed E-state index contributed by atoms with van der Waals surface area (Å²) in [4.78, 5) is 13.4. The lowest BCUT2D eigenvalue weighted by molar-refractivity contribution is -0.359. The van der Waals surface area contributed by atoms with Crippen LogP contribution in [0.5, 0.6) is 0 Å². The molecule has 93 heavy (non-hydrogen) atoms. The average molecular weight is 1320 g/mol. The van der Waals surface area contributed by atoms with E-state index in [4.69, 9.17) is 18.9 Å². The van der Waals surface area contributed by atoms with E-state index in [1.807, 2.05) is 6.08 Å². The second-order valence-corrected chi connectivity index (χ2v) is 28.2. The molecule has 0 aromatic heterocycles. The molecule has 0 spiro atoms. The summed E-state index contributed by atoms with van der Waals surface area (Å²) < 4.78 is 22.9. The van der Waals surface area contributed by atoms with Crippen molar-refractivity contribution in [3.8, 4) is 0 Å². The van der Waals surface area contributed by atoms with Gasteiger partial charge in [-0.25, -0.2) is 0 Å². The van der Waals surface area contributed by atoms with Crippen LogP contribution in [0.15, 0.2) is 36.5 Å². The zero-order chi connectivity index (χ0) is 67.3. The van der Waals surface area contributed by atoms with Crippen molar-refractivity contribution in [1.29, 1.82) is 0 Å². The van der Waals surface area contributed by atoms with E-state index < -0.39 is 86.8 Å². The van der Waals surface area contributed by atoms with Gasteiger partial charge in [-0.15, -0.1) is 0 Å². The Morgan fingerprint density at radius 1 is 0.376 bits per heavy atom. The molecule has 0 radical (unpaired) electrons. The zero-order valence-electron chi connectivity index (χ0n) is 60.0. The first kappa shape index (κ1) is 87.3. The van der Waals surface area contributed by atoms with Crippen LogP contribution in [0.4, 0.5) is 0 Å². The number of carbonyl (C=O) groups excluding carboxylic acids is 1. The molecule has 12 unspecified atom stereocenters. The molecule has 12 atom stereocenters. The number of allylic oxidation sites excluding steroid dienone is 5. The number of aliphatic hydroxyl groups is 8. The maximum Gasteiger partial charge on any atom is 0.220 e. The van der Waals surface area contributed by atoms with Crippen molar-refractivity contribution < 1.29 is 64.6 Å². The van der Waals surface area contributed by atoms with Crippen LogP contribution in [0.2, 0.25) is 0 Å². The lowest BCUT2D eigenvalue weighted by Crippen LogP contribution is -2.65. The van der Waals surface area contributed by atoms with Crippen LogP contribution in [0.1, 0.15) is 367 Å². The van der Waals surface area contributed by atoms with E-state index in [0.29, 0.717) is 12.8 Å². The van der Waals surface area contributed by atoms with Crippen LogP contribution in [-0.4, -0.2) is 140 Å². The van der Waals surface area contributed by atoms with Crippen LogP contribution < -0.4 is 5.32 Å². The minimum atomic E-state index is -1.79. The van der Waals surface area contributed by atoms with Crippen LogP contribution in [0.25, 0.3) is 0 Å². The molecule has 1 amide bonds. The van der Waals surface area contributed by atoms with Gasteiger partial charge in [0.2, 0.25) is 5.91 Å². The summed E-state index contributed by atoms with van der Waals surface area (Å²) in [7, 11) is 0. The molecular formula is C79H149NO13. The smallest absolute Gasteiger partial charge is 0.220 e. The van der Waals surface area contributed by atoms with E-state index >= 15 is 0 Å². The van der Waals surface area contributed by atoms with Gasteiger partial charge in [-0.1, -0.05) is 339 Å². The molecule has 2 saturated heterocycles. The van der Waals surface area contributed by atoms with Gasteiger partial charge >= 0.3 is 0 Å². The summed E-state index contributed by atoms with van der Waals surface area (Å²) in [6, 6.07) is -0.932. The molecule has 0 aliphatic carbocycles. The van der Waals surface area contributed by atoms with E-state index in [-0.39, 0.29) is 18.9 Å². The minimum absolute atomic E-state index is 0.241. The van der Waals surface area contributed by atoms with Crippen LogP contribution in [0, 0.1) is 0 Å². The monoisotopic (exact) mass is 1320 g/mol. The molecule has 0 bridgehead atoms. The lowest BCUT2D eigenvalue weighted by atomic mass is 9.97. The normalized spacial score (nSPS) is 22.7. The zero-order valence-corrected chi connectivity index (χ0v) is 60.0. The van der Waals surface area contributed by atoms with E-state index in [2.05, 4.69) is 43.5 Å². The first-order valence-corrected chi connectivity index (χ1v) is 39.7. The van der Waals surface area contributed by atoms with Gasteiger partial charge in [-0.2, -0.15) is 0 Å². The highest BCUT2D eigenvalue weighted by molar-refractivity contribution is 5.76. The molecule has 2 heterocycles. The van der Waals surface area contributed by atoms with Crippen LogP contribution in [0.3, 0.4) is 0 Å². The number of hydrogen-bond donors (Lipinski definition) is 9. The van der Waals surface area contributed by atoms with E-state index in [1.165, 1.54) is 302 Å². The SMILES string of the molecule is CCCCCCCCCC/C=C\CCCCCCCCCCCCCCCCCCCCCCCC(=O)NC(COC1OC(CO)C(OC2OC(CO)C(O)C(O)C2O)C(O)C1O)C(O)/C=C/CC/C=C/CCCCCCCCCCCCCCCCCCCCCC. The summed E-state index contributed by atoms with van der Waals surface area (Å²) in [6.07, 6.45) is 66.6. The number of carbonyl (C=O) groups is 1. The number of rotatable bonds is 67. The third-order valence-electron chi connectivity index (χ3n) is 19.5. The number of nitrogens with one attached hydrogen (secondary N) is 1. The van der Waals surface area contributed by atoms with Gasteiger partial charge in [0.05, 0.1) is 32.0 Å². The molecule has 0 aromatic rings. The van der Waals surface area contributed by atoms with Crippen molar-refractivity contribution in [3.63, 3.8) is 0 Å². The Balaban J connectivity index is 1.63. The largest absolute Gasteiger partial charge is 0.394 e. The summed E-state index contributed by atoms with van der Waals surface area (Å²) in [5, 5.41) is 87.6. The number of unbranched alkanes of at least 4 members (excludes halogenated alkanes) is 50. The van der Waals surface area contributed by atoms with Crippen LogP contribution in [-0.2, 0) is 23.7 Å². The third-order valence-corrected chi connectivity index (χ3v) is 19.5. The molecule has 14 nitrogen and oxygen atoms in total. The second kappa shape index (κ2) is 63.6. The van der Waals surface area contributed by atoms with Gasteiger partial charge in [0.1, 0.15) is 48.8 Å². The number of hydrogen-bond acceptors (Lipinski definition) is 13. The standard InChI is InChI=1S/C79H149NO13/c1-3-5-7-9-11-13-15-17-19-21-23-25-27-29-31-32-33-34-35-36-37-39-41-43-45-47-49-51-53-55-57-59-61-63-71(84)80-67(66-90-78-76(89)74(87)77(70(65-82)92-78)93-79-75(88)73(86)72(85)69(64-81)91-79)68(83)62-60-58-56-54-52-50-48-46-44-42-40-38-30-28-26-24-22-20-18-16-14-12-10-8-6-4-2/h21,23,52,54,60,62,67-70,72-79,81-83,85-89H,3-20,22,24-51,53,55-59,61,63-66H2,1-2H3,(H,80,84)/b23-21-,54-52+,62-60+. The molecule has 0 aromatic carbocycles. The van der Waals surface area contributed by atoms with Gasteiger partial charge in [0.25, 0.3) is 0 Å². The molecule has 2 fully saturated rings. The van der Waals surface area contributed by atoms with Crippen LogP contribution >= 0.6 is 0 Å². The predicted molar refractivity (Wildman–Crippen MR) is 383 cm³/mol. The van der Waals surface area contributed by atoms with Gasteiger partial charge in [-0.05, 0) is 57.8 Å². The molecular weight excluding hydrogens is 1170 g/mol. The summed E-state index contributed by atoms with van der Waals surface area (Å²) in [6.45, 7) is 2.84. The summed E-state index contributed by atoms with van der Waals surface area (Å²) in [5.74, 6) is -0.241. The third kappa shape index (κ3) is 47.0. The quantitative estimate of drug-likeness (QED) is 0.0204. The number of aliphatic hydroxyl groups excluding tert-OH is 8. The predicted octanol–water partition coefficient (Wildman–Crippen LogP) is 17.6. The Morgan fingerprint density at radius 3 is 1.05 bits per heavy atom. The molecule has 0 saturated carbocycles. The first-order valence-electron chi connectivity index (χ1n) is 39.7. The molecule has 548 valence electrons. The Hall–Kier alpha value is -1.79. The maximum absolute atomic E-state index is 13.4. The summed E-state index contributed by atoms with van der Waals surface area (Å²) in [5.41, 5.74) is 0. The second-order valence-electron chi connectivity index (χ2n) is 28.2. The van der Waals surface area contributed by atoms with Crippen molar-refractivity contribution in [1.82, 2.24) is 5.32 Å². The lowest BCUT2D eigenvalue weighted by Gasteiger charge is -2.46. The fourth-order valence-electron chi connectivity index (χ4n) is 13.2. The topological polar surface area (TPSA) is 228 Å². The van der Waals surface area contributed by atoms with Crippen molar-refractivity contribution in [2.24, 2.45) is 0 Å². The van der Waals surface area contributed by atoms with Crippen molar-refractivity contribution >= 4 is 5.91 Å². The Labute approximate surface area is 570 Å². The Morgan fingerprint density at radius 2 is 0.688 bits per heavy atom. The van der Waals surface area contributed by atoms with E-state index in [0.717, 1.165) is 32.1 Å². The molecule has 2 rings (SSSR count). The molecule has 2 aliphatic heterocycles. The number of amides is 1.